The summed E-state index contributed by atoms with van der Waals surface area (Å²) in [6.07, 6.45) is 2.15. The molecule has 1 aromatic carbocycles. The van der Waals surface area contributed by atoms with E-state index in [1.807, 2.05) is 56.8 Å². The quantitative estimate of drug-likeness (QED) is 0.748. The Balaban J connectivity index is 2.31. The van der Waals surface area contributed by atoms with Crippen molar-refractivity contribution in [2.75, 3.05) is 0 Å². The number of carbonyl (C=O) groups is 1. The number of aliphatic carboxylic acids is 1. The van der Waals surface area contributed by atoms with Gasteiger partial charge in [0.05, 0.1) is 16.9 Å². The molecule has 0 unspecified atom stereocenters. The first-order valence-electron chi connectivity index (χ1n) is 7.86. The van der Waals surface area contributed by atoms with Crippen molar-refractivity contribution in [3.05, 3.63) is 46.8 Å². The monoisotopic (exact) mass is 324 g/mol. The Hall–Kier alpha value is -2.89. The summed E-state index contributed by atoms with van der Waals surface area (Å²) in [6.45, 7) is 5.67. The summed E-state index contributed by atoms with van der Waals surface area (Å²) in [5.41, 5.74) is 3.80. The van der Waals surface area contributed by atoms with Crippen molar-refractivity contribution in [3.63, 3.8) is 0 Å². The Bertz CT molecular complexity index is 963. The van der Waals surface area contributed by atoms with Gasteiger partial charge in [0.2, 0.25) is 0 Å². The Kier molecular flexibility index (Phi) is 3.97. The van der Waals surface area contributed by atoms with Gasteiger partial charge in [0, 0.05) is 23.6 Å². The van der Waals surface area contributed by atoms with Gasteiger partial charge in [-0.05, 0) is 32.4 Å². The Labute approximate surface area is 140 Å². The first kappa shape index (κ1) is 16.0. The highest BCUT2D eigenvalue weighted by Crippen LogP contribution is 2.26. The summed E-state index contributed by atoms with van der Waals surface area (Å²) in [4.78, 5) is 11.4. The molecule has 6 nitrogen and oxygen atoms in total. The van der Waals surface area contributed by atoms with Crippen molar-refractivity contribution in [1.82, 2.24) is 19.6 Å². The molecule has 0 spiro atoms. The number of aryl methyl sites for hydroxylation is 3. The maximum atomic E-state index is 11.4. The van der Waals surface area contributed by atoms with Crippen LogP contribution in [0.15, 0.2) is 29.8 Å². The molecule has 0 fully saturated rings. The number of hydrogen-bond donors (Lipinski definition) is 1. The fraction of sp³-hybridized carbons (Fsp3) is 0.278. The van der Waals surface area contributed by atoms with Gasteiger partial charge in [-0.25, -0.2) is 9.48 Å². The SMILES string of the molecule is CC/C(=C\c1c(C)nn(C)c1-n1nc(C)c2ccccc21)C(=O)O. The third kappa shape index (κ3) is 2.50. The minimum absolute atomic E-state index is 0.348. The zero-order chi connectivity index (χ0) is 17.4. The zero-order valence-electron chi connectivity index (χ0n) is 14.2. The van der Waals surface area contributed by atoms with Gasteiger partial charge in [0.15, 0.2) is 5.82 Å². The van der Waals surface area contributed by atoms with E-state index >= 15 is 0 Å². The first-order valence-corrected chi connectivity index (χ1v) is 7.86. The zero-order valence-corrected chi connectivity index (χ0v) is 14.2. The van der Waals surface area contributed by atoms with Crippen LogP contribution in [0.4, 0.5) is 0 Å². The fourth-order valence-electron chi connectivity index (χ4n) is 2.96. The molecule has 0 aliphatic carbocycles. The van der Waals surface area contributed by atoms with Crippen LogP contribution in [0, 0.1) is 13.8 Å². The fourth-order valence-corrected chi connectivity index (χ4v) is 2.96. The van der Waals surface area contributed by atoms with Crippen LogP contribution in [0.2, 0.25) is 0 Å². The van der Waals surface area contributed by atoms with Gasteiger partial charge in [0.25, 0.3) is 0 Å². The molecule has 0 bridgehead atoms. The van der Waals surface area contributed by atoms with Crippen LogP contribution < -0.4 is 0 Å². The highest BCUT2D eigenvalue weighted by Gasteiger charge is 2.19. The summed E-state index contributed by atoms with van der Waals surface area (Å²) in [5, 5.41) is 19.5. The Morgan fingerprint density at radius 2 is 1.92 bits per heavy atom. The number of para-hydroxylation sites is 1. The number of rotatable bonds is 4. The number of hydrogen-bond acceptors (Lipinski definition) is 3. The summed E-state index contributed by atoms with van der Waals surface area (Å²) in [6, 6.07) is 7.98. The molecule has 0 saturated carbocycles. The first-order chi connectivity index (χ1) is 11.4. The second-order valence-corrected chi connectivity index (χ2v) is 5.79. The van der Waals surface area contributed by atoms with E-state index in [1.54, 1.807) is 10.8 Å². The highest BCUT2D eigenvalue weighted by atomic mass is 16.4. The summed E-state index contributed by atoms with van der Waals surface area (Å²) < 4.78 is 3.58. The summed E-state index contributed by atoms with van der Waals surface area (Å²) in [7, 11) is 1.85. The number of benzene rings is 1. The van der Waals surface area contributed by atoms with Crippen LogP contribution in [-0.4, -0.2) is 30.6 Å². The van der Waals surface area contributed by atoms with E-state index in [2.05, 4.69) is 10.2 Å². The second kappa shape index (κ2) is 5.96. The van der Waals surface area contributed by atoms with E-state index in [1.165, 1.54) is 0 Å². The van der Waals surface area contributed by atoms with Crippen molar-refractivity contribution < 1.29 is 9.90 Å². The molecule has 2 aromatic heterocycles. The largest absolute Gasteiger partial charge is 0.478 e. The topological polar surface area (TPSA) is 72.9 Å². The second-order valence-electron chi connectivity index (χ2n) is 5.79. The van der Waals surface area contributed by atoms with Crippen LogP contribution in [0.5, 0.6) is 0 Å². The van der Waals surface area contributed by atoms with Crippen LogP contribution in [0.25, 0.3) is 22.8 Å². The summed E-state index contributed by atoms with van der Waals surface area (Å²) in [5.74, 6) is -0.141. The molecular weight excluding hydrogens is 304 g/mol. The van der Waals surface area contributed by atoms with Crippen molar-refractivity contribution in [3.8, 4) is 5.82 Å². The molecular formula is C18H20N4O2. The molecule has 0 aliphatic rings. The van der Waals surface area contributed by atoms with Crippen molar-refractivity contribution in [1.29, 1.82) is 0 Å². The molecule has 1 N–H and O–H groups in total. The normalized spacial score (nSPS) is 12.1. The molecule has 3 aromatic rings. The average molecular weight is 324 g/mol. The van der Waals surface area contributed by atoms with Gasteiger partial charge in [-0.15, -0.1) is 0 Å². The Morgan fingerprint density at radius 3 is 2.58 bits per heavy atom. The average Bonchev–Trinajstić information content (AvgIpc) is 3.01. The lowest BCUT2D eigenvalue weighted by Gasteiger charge is -2.07. The lowest BCUT2D eigenvalue weighted by molar-refractivity contribution is -0.132. The van der Waals surface area contributed by atoms with E-state index < -0.39 is 5.97 Å². The van der Waals surface area contributed by atoms with Gasteiger partial charge in [-0.2, -0.15) is 10.2 Å². The maximum Gasteiger partial charge on any atom is 0.331 e. The molecule has 24 heavy (non-hydrogen) atoms. The lowest BCUT2D eigenvalue weighted by atomic mass is 10.1. The maximum absolute atomic E-state index is 11.4. The predicted molar refractivity (Wildman–Crippen MR) is 93.2 cm³/mol. The van der Waals surface area contributed by atoms with Gasteiger partial charge >= 0.3 is 5.97 Å². The molecule has 6 heteroatoms. The number of carboxylic acid groups (broad SMARTS) is 1. The number of fused-ring (bicyclic) bond motifs is 1. The van der Waals surface area contributed by atoms with Crippen LogP contribution in [0.1, 0.15) is 30.3 Å². The molecule has 0 amide bonds. The van der Waals surface area contributed by atoms with Crippen molar-refractivity contribution >= 4 is 22.9 Å². The van der Waals surface area contributed by atoms with E-state index in [9.17, 15) is 9.90 Å². The molecule has 0 aliphatic heterocycles. The predicted octanol–water partition coefficient (Wildman–Crippen LogP) is 3.25. The lowest BCUT2D eigenvalue weighted by Crippen LogP contribution is -2.06. The third-order valence-electron chi connectivity index (χ3n) is 4.18. The van der Waals surface area contributed by atoms with Crippen LogP contribution in [-0.2, 0) is 11.8 Å². The minimum atomic E-state index is -0.909. The molecule has 0 saturated heterocycles. The van der Waals surface area contributed by atoms with E-state index in [4.69, 9.17) is 0 Å². The van der Waals surface area contributed by atoms with Crippen molar-refractivity contribution in [2.45, 2.75) is 27.2 Å². The van der Waals surface area contributed by atoms with E-state index in [-0.39, 0.29) is 0 Å². The summed E-state index contributed by atoms with van der Waals surface area (Å²) >= 11 is 0. The molecule has 3 rings (SSSR count). The number of aromatic nitrogens is 4. The third-order valence-corrected chi connectivity index (χ3v) is 4.18. The molecule has 124 valence electrons. The molecule has 0 atom stereocenters. The highest BCUT2D eigenvalue weighted by molar-refractivity contribution is 5.93. The Morgan fingerprint density at radius 1 is 1.21 bits per heavy atom. The van der Waals surface area contributed by atoms with Crippen LogP contribution in [0.3, 0.4) is 0 Å². The van der Waals surface area contributed by atoms with Crippen molar-refractivity contribution in [2.24, 2.45) is 7.05 Å². The van der Waals surface area contributed by atoms with Gasteiger partial charge in [0.1, 0.15) is 0 Å². The van der Waals surface area contributed by atoms with Gasteiger partial charge in [-0.1, -0.05) is 25.1 Å². The number of nitrogens with zero attached hydrogens (tertiary/aromatic N) is 4. The van der Waals surface area contributed by atoms with Gasteiger partial charge in [-0.3, -0.25) is 4.68 Å². The van der Waals surface area contributed by atoms with Gasteiger partial charge < -0.3 is 5.11 Å². The standard InChI is InChI=1S/C18H20N4O2/c1-5-13(18(23)24)10-15-12(3)19-21(4)17(15)22-16-9-7-6-8-14(16)11(2)20-22/h6-10H,5H2,1-4H3,(H,23,24)/b13-10+. The van der Waals surface area contributed by atoms with E-state index in [0.29, 0.717) is 12.0 Å². The van der Waals surface area contributed by atoms with E-state index in [0.717, 1.165) is 33.7 Å². The number of carboxylic acids is 1. The smallest absolute Gasteiger partial charge is 0.331 e. The van der Waals surface area contributed by atoms with Crippen LogP contribution >= 0.6 is 0 Å². The molecule has 0 radical (unpaired) electrons. The minimum Gasteiger partial charge on any atom is -0.478 e. The molecule has 2 heterocycles.